The number of hydrogen-bond donors (Lipinski definition) is 1. The van der Waals surface area contributed by atoms with Gasteiger partial charge in [0, 0.05) is 30.2 Å². The lowest BCUT2D eigenvalue weighted by atomic mass is 9.85. The van der Waals surface area contributed by atoms with Gasteiger partial charge in [0.25, 0.3) is 0 Å². The quantitative estimate of drug-likeness (QED) is 0.510. The summed E-state index contributed by atoms with van der Waals surface area (Å²) >= 11 is 0. The van der Waals surface area contributed by atoms with Gasteiger partial charge in [-0.05, 0) is 43.2 Å². The number of nitrogens with zero attached hydrogens (tertiary/aromatic N) is 3. The van der Waals surface area contributed by atoms with Crippen LogP contribution < -0.4 is 5.32 Å². The van der Waals surface area contributed by atoms with Crippen LogP contribution in [-0.2, 0) is 11.3 Å². The Morgan fingerprint density at radius 1 is 1.03 bits per heavy atom. The minimum absolute atomic E-state index is 0.0148. The Labute approximate surface area is 181 Å². The molecule has 31 heavy (non-hydrogen) atoms. The number of carbonyl (C=O) groups excluding carboxylic acids is 1. The number of carbonyl (C=O) groups is 1. The third-order valence-corrected chi connectivity index (χ3v) is 6.19. The zero-order chi connectivity index (χ0) is 21.3. The second kappa shape index (κ2) is 7.93. The van der Waals surface area contributed by atoms with E-state index in [1.807, 2.05) is 55.5 Å². The molecule has 0 saturated carbocycles. The monoisotopic (exact) mass is 408 g/mol. The second-order valence-corrected chi connectivity index (χ2v) is 8.23. The molecule has 1 aliphatic rings. The second-order valence-electron chi connectivity index (χ2n) is 8.23. The first-order valence-electron chi connectivity index (χ1n) is 10.5. The van der Waals surface area contributed by atoms with Crippen molar-refractivity contribution in [3.05, 3.63) is 90.8 Å². The number of para-hydroxylation sites is 1. The van der Waals surface area contributed by atoms with Gasteiger partial charge < -0.3 is 5.32 Å². The Kier molecular flexibility index (Phi) is 4.96. The normalized spacial score (nSPS) is 18.5. The molecule has 1 atom stereocenters. The smallest absolute Gasteiger partial charge is 0.244 e. The van der Waals surface area contributed by atoms with Crippen LogP contribution in [0.15, 0.2) is 85.2 Å². The molecule has 5 heteroatoms. The number of nitrogens with one attached hydrogen (secondary N) is 1. The van der Waals surface area contributed by atoms with Crippen LogP contribution in [0, 0.1) is 0 Å². The fraction of sp³-hybridized carbons (Fsp3) is 0.192. The Morgan fingerprint density at radius 2 is 1.84 bits per heavy atom. The summed E-state index contributed by atoms with van der Waals surface area (Å²) in [5.41, 5.74) is 4.38. The van der Waals surface area contributed by atoms with E-state index in [1.54, 1.807) is 12.4 Å². The lowest BCUT2D eigenvalue weighted by molar-refractivity contribution is -0.136. The molecule has 1 fully saturated rings. The number of fused-ring (bicyclic) bond motifs is 1. The largest absolute Gasteiger partial charge is 0.323 e. The summed E-state index contributed by atoms with van der Waals surface area (Å²) < 4.78 is 0. The minimum Gasteiger partial charge on any atom is -0.323 e. The van der Waals surface area contributed by atoms with E-state index in [0.29, 0.717) is 0 Å². The molecular weight excluding hydrogens is 384 g/mol. The molecule has 1 saturated heterocycles. The summed E-state index contributed by atoms with van der Waals surface area (Å²) in [6.45, 7) is 3.66. The van der Waals surface area contributed by atoms with Crippen molar-refractivity contribution in [3.8, 4) is 11.3 Å². The first-order chi connectivity index (χ1) is 15.1. The molecule has 1 unspecified atom stereocenters. The van der Waals surface area contributed by atoms with E-state index in [0.717, 1.165) is 47.4 Å². The molecule has 0 spiro atoms. The third kappa shape index (κ3) is 3.80. The van der Waals surface area contributed by atoms with Crippen molar-refractivity contribution in [1.82, 2.24) is 14.9 Å². The van der Waals surface area contributed by atoms with Crippen LogP contribution in [0.1, 0.15) is 18.9 Å². The van der Waals surface area contributed by atoms with Crippen molar-refractivity contribution < 1.29 is 4.79 Å². The van der Waals surface area contributed by atoms with Gasteiger partial charge in [-0.1, -0.05) is 48.5 Å². The van der Waals surface area contributed by atoms with Gasteiger partial charge >= 0.3 is 0 Å². The molecule has 3 heterocycles. The summed E-state index contributed by atoms with van der Waals surface area (Å²) in [5, 5.41) is 4.09. The number of amides is 1. The maximum absolute atomic E-state index is 13.1. The van der Waals surface area contributed by atoms with Gasteiger partial charge in [0.2, 0.25) is 5.91 Å². The highest BCUT2D eigenvalue weighted by Crippen LogP contribution is 2.33. The molecule has 0 bridgehead atoms. The van der Waals surface area contributed by atoms with Gasteiger partial charge in [-0.25, -0.2) is 0 Å². The molecule has 1 N–H and O–H groups in total. The van der Waals surface area contributed by atoms with Gasteiger partial charge in [0.15, 0.2) is 0 Å². The fourth-order valence-electron chi connectivity index (χ4n) is 4.06. The summed E-state index contributed by atoms with van der Waals surface area (Å²) in [6, 6.07) is 24.2. The molecule has 0 aliphatic carbocycles. The predicted octanol–water partition coefficient (Wildman–Crippen LogP) is 4.90. The van der Waals surface area contributed by atoms with Crippen molar-refractivity contribution in [1.29, 1.82) is 0 Å². The topological polar surface area (TPSA) is 58.1 Å². The Morgan fingerprint density at radius 3 is 2.58 bits per heavy atom. The molecular formula is C26H24N4O. The maximum Gasteiger partial charge on any atom is 0.244 e. The summed E-state index contributed by atoms with van der Waals surface area (Å²) in [5.74, 6) is 0.0148. The predicted molar refractivity (Wildman–Crippen MR) is 123 cm³/mol. The van der Waals surface area contributed by atoms with Gasteiger partial charge in [-0.2, -0.15) is 0 Å². The number of likely N-dealkylation sites (tertiary alicyclic amines) is 1. The van der Waals surface area contributed by atoms with Crippen LogP contribution >= 0.6 is 0 Å². The van der Waals surface area contributed by atoms with Crippen LogP contribution in [0.2, 0.25) is 0 Å². The molecule has 2 aromatic carbocycles. The van der Waals surface area contributed by atoms with Crippen molar-refractivity contribution >= 4 is 22.5 Å². The van der Waals surface area contributed by atoms with Gasteiger partial charge in [-0.15, -0.1) is 0 Å². The lowest BCUT2D eigenvalue weighted by Gasteiger charge is -2.49. The van der Waals surface area contributed by atoms with Crippen LogP contribution in [0.5, 0.6) is 0 Å². The summed E-state index contributed by atoms with van der Waals surface area (Å²) in [4.78, 5) is 24.2. The maximum atomic E-state index is 13.1. The Hall–Kier alpha value is -3.57. The van der Waals surface area contributed by atoms with Gasteiger partial charge in [-0.3, -0.25) is 19.7 Å². The SMILES string of the molecule is CC1(C(=O)Nc2cnc3ccccc3c2)CCN1Cc1ccc(-c2ccccn2)cc1. The van der Waals surface area contributed by atoms with E-state index in [2.05, 4.69) is 44.5 Å². The van der Waals surface area contributed by atoms with E-state index in [-0.39, 0.29) is 5.91 Å². The van der Waals surface area contributed by atoms with Crippen molar-refractivity contribution in [2.75, 3.05) is 11.9 Å². The number of pyridine rings is 2. The Balaban J connectivity index is 1.27. The zero-order valence-electron chi connectivity index (χ0n) is 17.5. The van der Waals surface area contributed by atoms with Crippen molar-refractivity contribution in [2.45, 2.75) is 25.4 Å². The van der Waals surface area contributed by atoms with Crippen molar-refractivity contribution in [3.63, 3.8) is 0 Å². The lowest BCUT2D eigenvalue weighted by Crippen LogP contribution is -2.63. The number of benzene rings is 2. The molecule has 0 radical (unpaired) electrons. The standard InChI is InChI=1S/C26H24N4O/c1-26(25(31)29-22-16-21-6-2-3-7-24(21)28-17-22)13-15-30(26)18-19-9-11-20(12-10-19)23-8-4-5-14-27-23/h2-12,14,16-17H,13,15,18H2,1H3,(H,29,31). The number of hydrogen-bond acceptors (Lipinski definition) is 4. The number of aromatic nitrogens is 2. The summed E-state index contributed by atoms with van der Waals surface area (Å²) in [7, 11) is 0. The van der Waals surface area contributed by atoms with E-state index >= 15 is 0 Å². The molecule has 5 nitrogen and oxygen atoms in total. The summed E-state index contributed by atoms with van der Waals surface area (Å²) in [6.07, 6.45) is 4.37. The average Bonchev–Trinajstić information content (AvgIpc) is 2.82. The van der Waals surface area contributed by atoms with Gasteiger partial charge in [0.1, 0.15) is 0 Å². The number of rotatable bonds is 5. The van der Waals surface area contributed by atoms with E-state index in [9.17, 15) is 4.79 Å². The highest BCUT2D eigenvalue weighted by atomic mass is 16.2. The van der Waals surface area contributed by atoms with Crippen LogP contribution in [-0.4, -0.2) is 32.9 Å². The van der Waals surface area contributed by atoms with Crippen LogP contribution in [0.3, 0.4) is 0 Å². The van der Waals surface area contributed by atoms with Gasteiger partial charge in [0.05, 0.1) is 28.6 Å². The van der Waals surface area contributed by atoms with E-state index in [4.69, 9.17) is 0 Å². The average molecular weight is 409 g/mol. The zero-order valence-corrected chi connectivity index (χ0v) is 17.5. The molecule has 154 valence electrons. The van der Waals surface area contributed by atoms with E-state index in [1.165, 1.54) is 5.56 Å². The highest BCUT2D eigenvalue weighted by molar-refractivity contribution is 5.99. The van der Waals surface area contributed by atoms with Crippen LogP contribution in [0.4, 0.5) is 5.69 Å². The highest BCUT2D eigenvalue weighted by Gasteiger charge is 2.46. The first-order valence-corrected chi connectivity index (χ1v) is 10.5. The fourth-order valence-corrected chi connectivity index (χ4v) is 4.06. The minimum atomic E-state index is -0.523. The molecule has 1 amide bonds. The molecule has 5 rings (SSSR count). The Bertz CT molecular complexity index is 1220. The first kappa shape index (κ1) is 19.4. The van der Waals surface area contributed by atoms with Crippen LogP contribution in [0.25, 0.3) is 22.2 Å². The van der Waals surface area contributed by atoms with E-state index < -0.39 is 5.54 Å². The third-order valence-electron chi connectivity index (χ3n) is 6.19. The van der Waals surface area contributed by atoms with Crippen molar-refractivity contribution in [2.24, 2.45) is 0 Å². The molecule has 1 aliphatic heterocycles. The molecule has 2 aromatic heterocycles. The number of anilines is 1. The molecule has 4 aromatic rings.